The van der Waals surface area contributed by atoms with Crippen molar-refractivity contribution >= 4 is 21.6 Å². The molecule has 1 saturated heterocycles. The molecule has 0 bridgehead atoms. The second-order valence-electron chi connectivity index (χ2n) is 4.71. The third-order valence-electron chi connectivity index (χ3n) is 3.50. The Morgan fingerprint density at radius 1 is 1.53 bits per heavy atom. The van der Waals surface area contributed by atoms with Gasteiger partial charge in [-0.3, -0.25) is 0 Å². The lowest BCUT2D eigenvalue weighted by atomic mass is 10.0. The number of benzene rings is 1. The highest BCUT2D eigenvalue weighted by Crippen LogP contribution is 2.32. The molecule has 106 valence electrons. The summed E-state index contributed by atoms with van der Waals surface area (Å²) in [5.74, 6) is -0.595. The third kappa shape index (κ3) is 2.63. The van der Waals surface area contributed by atoms with Gasteiger partial charge in [0.15, 0.2) is 0 Å². The predicted octanol–water partition coefficient (Wildman–Crippen LogP) is 1.87. The van der Waals surface area contributed by atoms with E-state index >= 15 is 0 Å². The second-order valence-corrected chi connectivity index (χ2v) is 6.97. The quantitative estimate of drug-likeness (QED) is 0.927. The summed E-state index contributed by atoms with van der Waals surface area (Å²) in [5, 5.41) is 9.31. The molecule has 1 aliphatic rings. The van der Waals surface area contributed by atoms with Gasteiger partial charge in [0, 0.05) is 6.54 Å². The number of aliphatic hydroxyl groups excluding tert-OH is 1. The van der Waals surface area contributed by atoms with E-state index in [0.717, 1.165) is 12.1 Å². The number of nitrogens with zero attached hydrogens (tertiary/aromatic N) is 1. The van der Waals surface area contributed by atoms with Crippen molar-refractivity contribution in [2.24, 2.45) is 5.92 Å². The van der Waals surface area contributed by atoms with Crippen LogP contribution in [0.2, 0.25) is 5.02 Å². The SMILES string of the molecule is CC1CCN(S(=O)(=O)c2cc(F)ccc2Cl)C1CO. The average Bonchev–Trinajstić information content (AvgIpc) is 2.74. The van der Waals surface area contributed by atoms with Crippen LogP contribution in [0.25, 0.3) is 0 Å². The van der Waals surface area contributed by atoms with Gasteiger partial charge in [0.05, 0.1) is 17.7 Å². The minimum Gasteiger partial charge on any atom is -0.395 e. The number of halogens is 2. The van der Waals surface area contributed by atoms with Crippen molar-refractivity contribution in [3.8, 4) is 0 Å². The van der Waals surface area contributed by atoms with Crippen molar-refractivity contribution in [3.05, 3.63) is 29.0 Å². The van der Waals surface area contributed by atoms with Crippen LogP contribution in [0.4, 0.5) is 4.39 Å². The Balaban J connectivity index is 2.45. The summed E-state index contributed by atoms with van der Waals surface area (Å²) in [7, 11) is -3.88. The Labute approximate surface area is 116 Å². The van der Waals surface area contributed by atoms with Crippen LogP contribution in [-0.4, -0.2) is 37.0 Å². The van der Waals surface area contributed by atoms with Crippen LogP contribution >= 0.6 is 11.6 Å². The molecular weight excluding hydrogens is 293 g/mol. The molecule has 1 aromatic carbocycles. The Kier molecular flexibility index (Phi) is 4.15. The van der Waals surface area contributed by atoms with E-state index in [0.29, 0.717) is 13.0 Å². The van der Waals surface area contributed by atoms with Gasteiger partial charge in [-0.15, -0.1) is 0 Å². The van der Waals surface area contributed by atoms with E-state index in [2.05, 4.69) is 0 Å². The first-order chi connectivity index (χ1) is 8.87. The fourth-order valence-electron chi connectivity index (χ4n) is 2.34. The van der Waals surface area contributed by atoms with Gasteiger partial charge in [0.2, 0.25) is 10.0 Å². The van der Waals surface area contributed by atoms with Gasteiger partial charge in [0.1, 0.15) is 10.7 Å². The van der Waals surface area contributed by atoms with Gasteiger partial charge >= 0.3 is 0 Å². The Hall–Kier alpha value is -0.690. The summed E-state index contributed by atoms with van der Waals surface area (Å²) >= 11 is 5.85. The molecule has 0 amide bonds. The fourth-order valence-corrected chi connectivity index (χ4v) is 4.56. The lowest BCUT2D eigenvalue weighted by Crippen LogP contribution is -2.39. The first-order valence-electron chi connectivity index (χ1n) is 5.95. The van der Waals surface area contributed by atoms with E-state index in [-0.39, 0.29) is 22.4 Å². The number of aliphatic hydroxyl groups is 1. The smallest absolute Gasteiger partial charge is 0.245 e. The largest absolute Gasteiger partial charge is 0.395 e. The molecule has 1 N–H and O–H groups in total. The predicted molar refractivity (Wildman–Crippen MR) is 70.0 cm³/mol. The van der Waals surface area contributed by atoms with Crippen molar-refractivity contribution in [1.29, 1.82) is 0 Å². The van der Waals surface area contributed by atoms with E-state index in [1.807, 2.05) is 6.92 Å². The molecule has 4 nitrogen and oxygen atoms in total. The number of hydrogen-bond donors (Lipinski definition) is 1. The highest BCUT2D eigenvalue weighted by molar-refractivity contribution is 7.89. The molecule has 1 heterocycles. The van der Waals surface area contributed by atoms with Crippen molar-refractivity contribution in [3.63, 3.8) is 0 Å². The Bertz CT molecular complexity index is 578. The molecule has 0 radical (unpaired) electrons. The fraction of sp³-hybridized carbons (Fsp3) is 0.500. The molecule has 1 fully saturated rings. The third-order valence-corrected chi connectivity index (χ3v) is 5.90. The average molecular weight is 308 g/mol. The van der Waals surface area contributed by atoms with Crippen LogP contribution in [0.5, 0.6) is 0 Å². The van der Waals surface area contributed by atoms with Gasteiger partial charge in [0.25, 0.3) is 0 Å². The molecule has 2 unspecified atom stereocenters. The molecule has 2 atom stereocenters. The molecule has 0 aliphatic carbocycles. The molecule has 19 heavy (non-hydrogen) atoms. The maximum Gasteiger partial charge on any atom is 0.245 e. The monoisotopic (exact) mass is 307 g/mol. The molecule has 0 aromatic heterocycles. The minimum atomic E-state index is -3.88. The van der Waals surface area contributed by atoms with Crippen molar-refractivity contribution in [2.75, 3.05) is 13.2 Å². The summed E-state index contributed by atoms with van der Waals surface area (Å²) < 4.78 is 39.4. The number of hydrogen-bond acceptors (Lipinski definition) is 3. The lowest BCUT2D eigenvalue weighted by molar-refractivity contribution is 0.191. The highest BCUT2D eigenvalue weighted by atomic mass is 35.5. The van der Waals surface area contributed by atoms with Crippen LogP contribution in [0, 0.1) is 11.7 Å². The van der Waals surface area contributed by atoms with Crippen molar-refractivity contribution in [2.45, 2.75) is 24.3 Å². The van der Waals surface area contributed by atoms with Gasteiger partial charge in [-0.2, -0.15) is 4.31 Å². The zero-order chi connectivity index (χ0) is 14.2. The van der Waals surface area contributed by atoms with Crippen LogP contribution in [0.15, 0.2) is 23.1 Å². The van der Waals surface area contributed by atoms with Gasteiger partial charge in [-0.05, 0) is 30.5 Å². The number of rotatable bonds is 3. The Morgan fingerprint density at radius 2 is 2.21 bits per heavy atom. The first-order valence-corrected chi connectivity index (χ1v) is 7.77. The molecule has 1 aliphatic heterocycles. The second kappa shape index (κ2) is 5.36. The maximum atomic E-state index is 13.2. The van der Waals surface area contributed by atoms with E-state index in [1.54, 1.807) is 0 Å². The standard InChI is InChI=1S/C12H15ClFNO3S/c1-8-4-5-15(11(8)7-16)19(17,18)12-6-9(14)2-3-10(12)13/h2-3,6,8,11,16H,4-5,7H2,1H3. The number of sulfonamides is 1. The molecule has 2 rings (SSSR count). The van der Waals surface area contributed by atoms with Gasteiger partial charge in [-0.25, -0.2) is 12.8 Å². The molecule has 0 saturated carbocycles. The van der Waals surface area contributed by atoms with Crippen molar-refractivity contribution < 1.29 is 17.9 Å². The molecule has 0 spiro atoms. The molecular formula is C12H15ClFNO3S. The van der Waals surface area contributed by atoms with Gasteiger partial charge < -0.3 is 5.11 Å². The summed E-state index contributed by atoms with van der Waals surface area (Å²) in [6.45, 7) is 1.93. The van der Waals surface area contributed by atoms with Gasteiger partial charge in [-0.1, -0.05) is 18.5 Å². The van der Waals surface area contributed by atoms with E-state index in [9.17, 15) is 17.9 Å². The van der Waals surface area contributed by atoms with Crippen LogP contribution in [0.3, 0.4) is 0 Å². The summed E-state index contributed by atoms with van der Waals surface area (Å²) in [6, 6.07) is 2.76. The summed E-state index contributed by atoms with van der Waals surface area (Å²) in [6.07, 6.45) is 0.664. The van der Waals surface area contributed by atoms with Crippen molar-refractivity contribution in [1.82, 2.24) is 4.31 Å². The maximum absolute atomic E-state index is 13.2. The lowest BCUT2D eigenvalue weighted by Gasteiger charge is -2.24. The van der Waals surface area contributed by atoms with Crippen LogP contribution < -0.4 is 0 Å². The van der Waals surface area contributed by atoms with E-state index in [4.69, 9.17) is 11.6 Å². The first kappa shape index (κ1) is 14.7. The Morgan fingerprint density at radius 3 is 2.84 bits per heavy atom. The summed E-state index contributed by atoms with van der Waals surface area (Å²) in [5.41, 5.74) is 0. The topological polar surface area (TPSA) is 57.6 Å². The highest BCUT2D eigenvalue weighted by Gasteiger charge is 2.40. The minimum absolute atomic E-state index is 0.0161. The van der Waals surface area contributed by atoms with E-state index in [1.165, 1.54) is 10.4 Å². The van der Waals surface area contributed by atoms with Crippen LogP contribution in [-0.2, 0) is 10.0 Å². The molecule has 7 heteroatoms. The van der Waals surface area contributed by atoms with E-state index < -0.39 is 21.9 Å². The molecule has 1 aromatic rings. The summed E-state index contributed by atoms with van der Waals surface area (Å²) in [4.78, 5) is -0.248. The zero-order valence-corrected chi connectivity index (χ0v) is 12.0. The normalized spacial score (nSPS) is 24.8. The zero-order valence-electron chi connectivity index (χ0n) is 10.4. The van der Waals surface area contributed by atoms with Crippen LogP contribution in [0.1, 0.15) is 13.3 Å².